The minimum Gasteiger partial charge on any atom is -0.192 e. The summed E-state index contributed by atoms with van der Waals surface area (Å²) in [5.74, 6) is 0. The van der Waals surface area contributed by atoms with E-state index < -0.39 is 0 Å². The third kappa shape index (κ3) is 8.84. The first-order valence-corrected chi connectivity index (χ1v) is 15.4. The number of allylic oxidation sites excluding steroid dienone is 16. The Labute approximate surface area is 236 Å². The van der Waals surface area contributed by atoms with Gasteiger partial charge in [0, 0.05) is 0 Å². The molecule has 3 rings (SSSR count). The van der Waals surface area contributed by atoms with E-state index in [1.807, 2.05) is 96.4 Å². The van der Waals surface area contributed by atoms with Crippen molar-refractivity contribution in [2.24, 2.45) is 0 Å². The Morgan fingerprint density at radius 2 is 0.750 bits per heavy atom. The van der Waals surface area contributed by atoms with E-state index in [-0.39, 0.29) is 0 Å². The number of rotatable bonds is 8. The van der Waals surface area contributed by atoms with E-state index in [1.165, 1.54) is 47.0 Å². The SMILES string of the molecule is N#CC1=C(C#N)SC(=C/C=C/C=C/C=C/C2SC(/C=C/C=C/C=C/C=C3SC(C#N)=C(C#N)S3)S2)S1. The fourth-order valence-corrected chi connectivity index (χ4v) is 8.82. The van der Waals surface area contributed by atoms with Crippen molar-refractivity contribution in [3.05, 3.63) is 113 Å². The second kappa shape index (κ2) is 15.5. The fraction of sp³-hybridized carbons (Fsp3) is 0.0769. The summed E-state index contributed by atoms with van der Waals surface area (Å²) in [6, 6.07) is 8.20. The number of thioether (sulfide) groups is 6. The number of hydrogen-bond donors (Lipinski definition) is 0. The van der Waals surface area contributed by atoms with Gasteiger partial charge in [0.05, 0.1) is 17.6 Å². The second-order valence-corrected chi connectivity index (χ2v) is 14.4. The van der Waals surface area contributed by atoms with Gasteiger partial charge in [-0.25, -0.2) is 0 Å². The van der Waals surface area contributed by atoms with Crippen molar-refractivity contribution in [2.75, 3.05) is 0 Å². The van der Waals surface area contributed by atoms with Crippen LogP contribution in [-0.2, 0) is 0 Å². The minimum atomic E-state index is 0.448. The Morgan fingerprint density at radius 3 is 1.08 bits per heavy atom. The standard InChI is InChI=1S/C26H16N4S6/c27-15-19-20(16-28)32-23(31-19)11-7-3-1-5-9-13-25-35-26(36-25)14-10-6-2-4-8-12-24-33-21(17-29)22(18-30)34-24/h1-14,25-26H/b5-1+,6-2+,7-3+,8-4+,13-9+,14-10+. The average molecular weight is 577 g/mol. The van der Waals surface area contributed by atoms with Crippen molar-refractivity contribution >= 4 is 70.6 Å². The van der Waals surface area contributed by atoms with Crippen LogP contribution < -0.4 is 0 Å². The van der Waals surface area contributed by atoms with Crippen LogP contribution in [0, 0.1) is 45.3 Å². The molecule has 0 aromatic carbocycles. The van der Waals surface area contributed by atoms with Gasteiger partial charge in [-0.05, 0) is 12.2 Å². The molecule has 0 unspecified atom stereocenters. The monoisotopic (exact) mass is 576 g/mol. The zero-order valence-corrected chi connectivity index (χ0v) is 23.4. The molecule has 176 valence electrons. The molecule has 36 heavy (non-hydrogen) atoms. The molecule has 0 saturated carbocycles. The molecular formula is C26H16N4S6. The van der Waals surface area contributed by atoms with E-state index in [9.17, 15) is 0 Å². The topological polar surface area (TPSA) is 95.2 Å². The van der Waals surface area contributed by atoms with Gasteiger partial charge in [-0.3, -0.25) is 0 Å². The van der Waals surface area contributed by atoms with Crippen molar-refractivity contribution in [3.8, 4) is 24.3 Å². The Morgan fingerprint density at radius 1 is 0.444 bits per heavy atom. The second-order valence-electron chi connectivity index (χ2n) is 6.46. The van der Waals surface area contributed by atoms with Gasteiger partial charge in [-0.15, -0.1) is 23.5 Å². The van der Waals surface area contributed by atoms with E-state index >= 15 is 0 Å². The summed E-state index contributed by atoms with van der Waals surface area (Å²) in [4.78, 5) is 1.87. The molecule has 4 nitrogen and oxygen atoms in total. The fourth-order valence-electron chi connectivity index (χ4n) is 2.48. The summed E-state index contributed by atoms with van der Waals surface area (Å²) in [6.45, 7) is 0. The number of nitriles is 4. The molecule has 1 fully saturated rings. The van der Waals surface area contributed by atoms with Gasteiger partial charge in [0.2, 0.25) is 0 Å². The molecule has 0 spiro atoms. The molecular weight excluding hydrogens is 561 g/mol. The van der Waals surface area contributed by atoms with E-state index in [4.69, 9.17) is 21.0 Å². The molecule has 0 N–H and O–H groups in total. The van der Waals surface area contributed by atoms with Crippen molar-refractivity contribution < 1.29 is 0 Å². The Balaban J connectivity index is 1.29. The van der Waals surface area contributed by atoms with E-state index in [0.717, 1.165) is 8.47 Å². The first-order valence-electron chi connectivity index (χ1n) is 10.2. The molecule has 3 heterocycles. The van der Waals surface area contributed by atoms with E-state index in [1.54, 1.807) is 0 Å². The van der Waals surface area contributed by atoms with Crippen LogP contribution in [0.3, 0.4) is 0 Å². The van der Waals surface area contributed by atoms with Crippen molar-refractivity contribution in [1.82, 2.24) is 0 Å². The third-order valence-corrected chi connectivity index (χ3v) is 11.7. The molecule has 0 radical (unpaired) electrons. The van der Waals surface area contributed by atoms with Crippen LogP contribution in [0.2, 0.25) is 0 Å². The van der Waals surface area contributed by atoms with Crippen molar-refractivity contribution in [1.29, 1.82) is 21.0 Å². The highest BCUT2D eigenvalue weighted by Crippen LogP contribution is 2.49. The quantitative estimate of drug-likeness (QED) is 0.261. The van der Waals surface area contributed by atoms with Gasteiger partial charge < -0.3 is 0 Å². The Hall–Kier alpha value is -2.54. The summed E-state index contributed by atoms with van der Waals surface area (Å²) in [5, 5.41) is 36.0. The van der Waals surface area contributed by atoms with Gasteiger partial charge in [-0.1, -0.05) is 120 Å². The van der Waals surface area contributed by atoms with Crippen molar-refractivity contribution in [2.45, 2.75) is 9.16 Å². The molecule has 0 aromatic rings. The van der Waals surface area contributed by atoms with Crippen LogP contribution in [0.25, 0.3) is 0 Å². The zero-order chi connectivity index (χ0) is 25.6. The van der Waals surface area contributed by atoms with Gasteiger partial charge in [0.1, 0.15) is 43.9 Å². The Bertz CT molecular complexity index is 1180. The molecule has 3 aliphatic heterocycles. The lowest BCUT2D eigenvalue weighted by Crippen LogP contribution is -2.14. The van der Waals surface area contributed by atoms with E-state index in [0.29, 0.717) is 28.8 Å². The van der Waals surface area contributed by atoms with Gasteiger partial charge in [-0.2, -0.15) is 21.0 Å². The van der Waals surface area contributed by atoms with Crippen LogP contribution in [0.5, 0.6) is 0 Å². The Kier molecular flexibility index (Phi) is 12.1. The predicted molar refractivity (Wildman–Crippen MR) is 161 cm³/mol. The van der Waals surface area contributed by atoms with Crippen LogP contribution in [0.4, 0.5) is 0 Å². The maximum atomic E-state index is 8.99. The van der Waals surface area contributed by atoms with Crippen LogP contribution >= 0.6 is 70.6 Å². The van der Waals surface area contributed by atoms with Crippen molar-refractivity contribution in [3.63, 3.8) is 0 Å². The average Bonchev–Trinajstić information content (AvgIpc) is 3.47. The smallest absolute Gasteiger partial charge is 0.115 e. The van der Waals surface area contributed by atoms with E-state index in [2.05, 4.69) is 36.4 Å². The predicted octanol–water partition coefficient (Wildman–Crippen LogP) is 8.62. The maximum absolute atomic E-state index is 8.99. The normalized spacial score (nSPS) is 22.3. The highest BCUT2D eigenvalue weighted by Gasteiger charge is 2.26. The minimum absolute atomic E-state index is 0.448. The van der Waals surface area contributed by atoms with Gasteiger partial charge >= 0.3 is 0 Å². The number of nitrogens with zero attached hydrogens (tertiary/aromatic N) is 4. The summed E-state index contributed by atoms with van der Waals surface area (Å²) in [5.41, 5.74) is 0. The highest BCUT2D eigenvalue weighted by molar-refractivity contribution is 8.34. The number of hydrogen-bond acceptors (Lipinski definition) is 10. The maximum Gasteiger partial charge on any atom is 0.115 e. The molecule has 10 heteroatoms. The lowest BCUT2D eigenvalue weighted by atomic mass is 10.4. The molecule has 0 atom stereocenters. The van der Waals surface area contributed by atoms with Crippen LogP contribution in [0.1, 0.15) is 0 Å². The summed E-state index contributed by atoms with van der Waals surface area (Å²) >= 11 is 9.12. The molecule has 0 amide bonds. The molecule has 0 aliphatic carbocycles. The van der Waals surface area contributed by atoms with Gasteiger partial charge in [0.15, 0.2) is 0 Å². The largest absolute Gasteiger partial charge is 0.192 e. The molecule has 1 saturated heterocycles. The van der Waals surface area contributed by atoms with Crippen LogP contribution in [0.15, 0.2) is 113 Å². The lowest BCUT2D eigenvalue weighted by Gasteiger charge is -2.29. The molecule has 3 aliphatic rings. The summed E-state index contributed by atoms with van der Waals surface area (Å²) < 4.78 is 2.75. The lowest BCUT2D eigenvalue weighted by molar-refractivity contribution is 1.48. The zero-order valence-electron chi connectivity index (χ0n) is 18.5. The molecule has 0 bridgehead atoms. The molecule has 0 aromatic heterocycles. The highest BCUT2D eigenvalue weighted by atomic mass is 32.3. The third-order valence-electron chi connectivity index (χ3n) is 4.06. The first-order chi connectivity index (χ1) is 17.7. The summed E-state index contributed by atoms with van der Waals surface area (Å²) in [7, 11) is 0. The summed E-state index contributed by atoms with van der Waals surface area (Å²) in [6.07, 6.45) is 27.8. The van der Waals surface area contributed by atoms with Crippen LogP contribution in [-0.4, -0.2) is 9.16 Å². The van der Waals surface area contributed by atoms with Gasteiger partial charge in [0.25, 0.3) is 0 Å². The first kappa shape index (κ1) is 28.0.